The molecule has 0 saturated carbocycles. The maximum atomic E-state index is 13.2. The number of hydrogen-bond acceptors (Lipinski definition) is 1. The van der Waals surface area contributed by atoms with Gasteiger partial charge in [0.1, 0.15) is 11.6 Å². The zero-order valence-electron chi connectivity index (χ0n) is 12.2. The van der Waals surface area contributed by atoms with Gasteiger partial charge in [0.25, 0.3) is 0 Å². The molecule has 0 aromatic heterocycles. The van der Waals surface area contributed by atoms with Crippen LogP contribution in [0.1, 0.15) is 45.6 Å². The van der Waals surface area contributed by atoms with Crippen molar-refractivity contribution < 1.29 is 8.78 Å². The van der Waals surface area contributed by atoms with Gasteiger partial charge in [0.15, 0.2) is 0 Å². The Labute approximate surface area is 115 Å². The summed E-state index contributed by atoms with van der Waals surface area (Å²) in [6.45, 7) is 7.33. The monoisotopic (exact) mass is 269 g/mol. The van der Waals surface area contributed by atoms with Crippen LogP contribution in [0.25, 0.3) is 0 Å². The molecule has 1 rings (SSSR count). The Morgan fingerprint density at radius 1 is 1.00 bits per heavy atom. The quantitative estimate of drug-likeness (QED) is 0.741. The molecule has 108 valence electrons. The van der Waals surface area contributed by atoms with Crippen LogP contribution in [0.4, 0.5) is 8.78 Å². The maximum Gasteiger partial charge on any atom is 0.126 e. The second-order valence-corrected chi connectivity index (χ2v) is 5.15. The molecule has 19 heavy (non-hydrogen) atoms. The molecule has 0 aliphatic rings. The molecule has 0 saturated heterocycles. The van der Waals surface area contributed by atoms with Crippen LogP contribution in [-0.4, -0.2) is 12.6 Å². The molecule has 1 aromatic rings. The molecule has 0 bridgehead atoms. The molecule has 0 fully saturated rings. The summed E-state index contributed by atoms with van der Waals surface area (Å²) < 4.78 is 26.4. The van der Waals surface area contributed by atoms with Crippen LogP contribution in [-0.2, 0) is 6.42 Å². The van der Waals surface area contributed by atoms with Gasteiger partial charge in [-0.05, 0) is 43.0 Å². The van der Waals surface area contributed by atoms with E-state index in [9.17, 15) is 8.78 Å². The summed E-state index contributed by atoms with van der Waals surface area (Å²) in [6.07, 6.45) is 4.03. The average Bonchev–Trinajstić information content (AvgIpc) is 2.34. The Bertz CT molecular complexity index is 355. The Kier molecular flexibility index (Phi) is 7.00. The van der Waals surface area contributed by atoms with Crippen LogP contribution in [0, 0.1) is 17.6 Å². The van der Waals surface area contributed by atoms with Gasteiger partial charge in [0.2, 0.25) is 0 Å². The number of benzene rings is 1. The van der Waals surface area contributed by atoms with E-state index < -0.39 is 11.6 Å². The fourth-order valence-electron chi connectivity index (χ4n) is 2.57. The molecular formula is C16H25F2N. The van der Waals surface area contributed by atoms with Crippen molar-refractivity contribution in [3.8, 4) is 0 Å². The van der Waals surface area contributed by atoms with Crippen molar-refractivity contribution in [1.82, 2.24) is 5.32 Å². The van der Waals surface area contributed by atoms with Crippen LogP contribution in [0.3, 0.4) is 0 Å². The molecule has 1 nitrogen and oxygen atoms in total. The summed E-state index contributed by atoms with van der Waals surface area (Å²) in [5.74, 6) is -0.317. The highest BCUT2D eigenvalue weighted by Crippen LogP contribution is 2.18. The van der Waals surface area contributed by atoms with Crippen LogP contribution in [0.2, 0.25) is 0 Å². The van der Waals surface area contributed by atoms with E-state index in [-0.39, 0.29) is 6.04 Å². The first-order chi connectivity index (χ1) is 9.08. The van der Waals surface area contributed by atoms with Gasteiger partial charge in [-0.15, -0.1) is 0 Å². The van der Waals surface area contributed by atoms with E-state index in [1.54, 1.807) is 0 Å². The van der Waals surface area contributed by atoms with E-state index in [2.05, 4.69) is 26.1 Å². The lowest BCUT2D eigenvalue weighted by molar-refractivity contribution is 0.367. The van der Waals surface area contributed by atoms with Crippen molar-refractivity contribution >= 4 is 0 Å². The largest absolute Gasteiger partial charge is 0.314 e. The lowest BCUT2D eigenvalue weighted by Gasteiger charge is -2.23. The van der Waals surface area contributed by atoms with E-state index in [1.807, 2.05) is 0 Å². The summed E-state index contributed by atoms with van der Waals surface area (Å²) in [7, 11) is 0. The number of halogens is 2. The van der Waals surface area contributed by atoms with Crippen molar-refractivity contribution in [3.05, 3.63) is 35.4 Å². The number of rotatable bonds is 8. The summed E-state index contributed by atoms with van der Waals surface area (Å²) in [4.78, 5) is 0. The molecule has 0 amide bonds. The first kappa shape index (κ1) is 16.1. The predicted molar refractivity (Wildman–Crippen MR) is 76.2 cm³/mol. The smallest absolute Gasteiger partial charge is 0.126 e. The van der Waals surface area contributed by atoms with Gasteiger partial charge < -0.3 is 5.32 Å². The molecule has 0 heterocycles. The topological polar surface area (TPSA) is 12.0 Å². The maximum absolute atomic E-state index is 13.2. The number of likely N-dealkylation sites (N-methyl/N-ethyl adjacent to an activating group) is 1. The van der Waals surface area contributed by atoms with Gasteiger partial charge in [-0.3, -0.25) is 0 Å². The third-order valence-electron chi connectivity index (χ3n) is 3.67. The molecule has 0 radical (unpaired) electrons. The Balaban J connectivity index is 2.71. The summed E-state index contributed by atoms with van der Waals surface area (Å²) >= 11 is 0. The Morgan fingerprint density at radius 3 is 2.05 bits per heavy atom. The lowest BCUT2D eigenvalue weighted by atomic mass is 9.91. The Hall–Kier alpha value is -0.960. The zero-order valence-corrected chi connectivity index (χ0v) is 12.2. The highest BCUT2D eigenvalue weighted by molar-refractivity contribution is 5.19. The molecule has 1 N–H and O–H groups in total. The highest BCUT2D eigenvalue weighted by atomic mass is 19.1. The molecule has 0 aliphatic carbocycles. The van der Waals surface area contributed by atoms with Gasteiger partial charge >= 0.3 is 0 Å². The molecular weight excluding hydrogens is 244 g/mol. The predicted octanol–water partition coefficient (Wildman–Crippen LogP) is 4.31. The van der Waals surface area contributed by atoms with Crippen molar-refractivity contribution in [2.24, 2.45) is 5.92 Å². The summed E-state index contributed by atoms with van der Waals surface area (Å²) in [6, 6.07) is 4.07. The lowest BCUT2D eigenvalue weighted by Crippen LogP contribution is -2.33. The third-order valence-corrected chi connectivity index (χ3v) is 3.67. The second kappa shape index (κ2) is 8.26. The molecule has 3 heteroatoms. The number of hydrogen-bond donors (Lipinski definition) is 1. The van der Waals surface area contributed by atoms with Crippen LogP contribution in [0.15, 0.2) is 18.2 Å². The minimum atomic E-state index is -0.493. The molecule has 0 aliphatic heterocycles. The molecule has 1 aromatic carbocycles. The standard InChI is InChI=1S/C16H25F2N/c1-4-12(5-2)9-16(19-6-3)10-13-7-14(17)11-15(18)8-13/h7-8,11-12,16,19H,4-6,9-10H2,1-3H3. The van der Waals surface area contributed by atoms with Gasteiger partial charge in [-0.25, -0.2) is 8.78 Å². The van der Waals surface area contributed by atoms with E-state index in [0.717, 1.165) is 37.4 Å². The van der Waals surface area contributed by atoms with Gasteiger partial charge in [-0.1, -0.05) is 33.6 Å². The minimum absolute atomic E-state index is 0.288. The van der Waals surface area contributed by atoms with Gasteiger partial charge in [-0.2, -0.15) is 0 Å². The van der Waals surface area contributed by atoms with E-state index in [1.165, 1.54) is 12.1 Å². The van der Waals surface area contributed by atoms with Crippen molar-refractivity contribution in [2.75, 3.05) is 6.54 Å². The summed E-state index contributed by atoms with van der Waals surface area (Å²) in [5, 5.41) is 3.42. The van der Waals surface area contributed by atoms with Gasteiger partial charge in [0.05, 0.1) is 0 Å². The minimum Gasteiger partial charge on any atom is -0.314 e. The van der Waals surface area contributed by atoms with E-state index >= 15 is 0 Å². The Morgan fingerprint density at radius 2 is 1.58 bits per heavy atom. The summed E-state index contributed by atoms with van der Waals surface area (Å²) in [5.41, 5.74) is 0.731. The first-order valence-corrected chi connectivity index (χ1v) is 7.27. The van der Waals surface area contributed by atoms with Crippen LogP contribution in [0.5, 0.6) is 0 Å². The van der Waals surface area contributed by atoms with E-state index in [4.69, 9.17) is 0 Å². The fourth-order valence-corrected chi connectivity index (χ4v) is 2.57. The molecule has 1 atom stereocenters. The van der Waals surface area contributed by atoms with Crippen molar-refractivity contribution in [1.29, 1.82) is 0 Å². The van der Waals surface area contributed by atoms with Crippen LogP contribution >= 0.6 is 0 Å². The molecule has 0 spiro atoms. The van der Waals surface area contributed by atoms with Gasteiger partial charge in [0, 0.05) is 12.1 Å². The molecule has 1 unspecified atom stereocenters. The van der Waals surface area contributed by atoms with Crippen molar-refractivity contribution in [3.63, 3.8) is 0 Å². The van der Waals surface area contributed by atoms with Crippen LogP contribution < -0.4 is 5.32 Å². The normalized spacial score (nSPS) is 12.9. The fraction of sp³-hybridized carbons (Fsp3) is 0.625. The SMILES string of the molecule is CCNC(Cc1cc(F)cc(F)c1)CC(CC)CC. The zero-order chi connectivity index (χ0) is 14.3. The third kappa shape index (κ3) is 5.68. The highest BCUT2D eigenvalue weighted by Gasteiger charge is 2.14. The number of nitrogens with one attached hydrogen (secondary N) is 1. The van der Waals surface area contributed by atoms with E-state index in [0.29, 0.717) is 12.3 Å². The first-order valence-electron chi connectivity index (χ1n) is 7.27. The second-order valence-electron chi connectivity index (χ2n) is 5.15. The van der Waals surface area contributed by atoms with Crippen molar-refractivity contribution in [2.45, 2.75) is 52.5 Å². The average molecular weight is 269 g/mol.